The van der Waals surface area contributed by atoms with Gasteiger partial charge in [0, 0.05) is 9.86 Å². The third kappa shape index (κ3) is 2.62. The van der Waals surface area contributed by atoms with Gasteiger partial charge in [-0.1, -0.05) is 28.1 Å². The number of H-pyrrole nitrogens is 1. The number of nitrogens with one attached hydrogen (secondary N) is 2. The second-order valence-electron chi connectivity index (χ2n) is 4.42. The van der Waals surface area contributed by atoms with Crippen LogP contribution in [0.1, 0.15) is 10.4 Å². The van der Waals surface area contributed by atoms with E-state index in [0.717, 1.165) is 15.4 Å². The van der Waals surface area contributed by atoms with E-state index in [1.54, 1.807) is 18.2 Å². The number of para-hydroxylation sites is 1. The second-order valence-corrected chi connectivity index (χ2v) is 5.33. The van der Waals surface area contributed by atoms with Gasteiger partial charge in [0.1, 0.15) is 5.75 Å². The van der Waals surface area contributed by atoms with E-state index >= 15 is 0 Å². The zero-order chi connectivity index (χ0) is 14.8. The number of aromatic nitrogens is 2. The van der Waals surface area contributed by atoms with Crippen LogP contribution in [0.15, 0.2) is 46.9 Å². The van der Waals surface area contributed by atoms with E-state index in [9.17, 15) is 4.79 Å². The van der Waals surface area contributed by atoms with Crippen LogP contribution in [0.2, 0.25) is 0 Å². The quantitative estimate of drug-likeness (QED) is 0.762. The number of rotatable bonds is 3. The minimum absolute atomic E-state index is 0.267. The molecule has 0 aliphatic carbocycles. The number of nitrogens with zero attached hydrogens (tertiary/aromatic N) is 1. The number of ether oxygens (including phenoxy) is 1. The van der Waals surface area contributed by atoms with Crippen LogP contribution >= 0.6 is 15.9 Å². The summed E-state index contributed by atoms with van der Waals surface area (Å²) >= 11 is 3.35. The molecule has 0 saturated carbocycles. The fraction of sp³-hybridized carbons (Fsp3) is 0.0667. The molecule has 0 radical (unpaired) electrons. The van der Waals surface area contributed by atoms with Crippen molar-refractivity contribution in [2.24, 2.45) is 0 Å². The number of benzene rings is 2. The molecule has 0 atom stereocenters. The summed E-state index contributed by atoms with van der Waals surface area (Å²) in [6.45, 7) is 0. The highest BCUT2D eigenvalue weighted by Gasteiger charge is 2.15. The number of amides is 1. The Bertz CT molecular complexity index is 814. The maximum atomic E-state index is 12.4. The summed E-state index contributed by atoms with van der Waals surface area (Å²) in [5, 5.41) is 10.7. The summed E-state index contributed by atoms with van der Waals surface area (Å²) in [6.07, 6.45) is 0. The number of carbonyl (C=O) groups is 1. The third-order valence-corrected chi connectivity index (χ3v) is 3.60. The van der Waals surface area contributed by atoms with Gasteiger partial charge in [0.05, 0.1) is 18.2 Å². The van der Waals surface area contributed by atoms with Crippen LogP contribution in [0.5, 0.6) is 5.75 Å². The van der Waals surface area contributed by atoms with Crippen molar-refractivity contribution in [3.63, 3.8) is 0 Å². The normalized spacial score (nSPS) is 10.6. The summed E-state index contributed by atoms with van der Waals surface area (Å²) in [5.41, 5.74) is 1.32. The Morgan fingerprint density at radius 1 is 1.29 bits per heavy atom. The Morgan fingerprint density at radius 2 is 2.10 bits per heavy atom. The van der Waals surface area contributed by atoms with Crippen LogP contribution in [0.25, 0.3) is 10.9 Å². The van der Waals surface area contributed by atoms with Crippen molar-refractivity contribution in [2.75, 3.05) is 12.4 Å². The zero-order valence-corrected chi connectivity index (χ0v) is 12.8. The molecular weight excluding hydrogens is 334 g/mol. The first-order chi connectivity index (χ1) is 10.2. The molecule has 21 heavy (non-hydrogen) atoms. The molecular formula is C15H12BrN3O2. The maximum absolute atomic E-state index is 12.4. The molecule has 2 N–H and O–H groups in total. The van der Waals surface area contributed by atoms with Crippen LogP contribution in [0, 0.1) is 0 Å². The van der Waals surface area contributed by atoms with Crippen LogP contribution < -0.4 is 10.1 Å². The molecule has 0 saturated heterocycles. The van der Waals surface area contributed by atoms with Gasteiger partial charge in [0.25, 0.3) is 5.91 Å². The van der Waals surface area contributed by atoms with Crippen LogP contribution in [0.3, 0.4) is 0 Å². The molecule has 0 aliphatic heterocycles. The summed E-state index contributed by atoms with van der Waals surface area (Å²) in [4.78, 5) is 12.4. The Kier molecular flexibility index (Phi) is 3.62. The Morgan fingerprint density at radius 3 is 2.90 bits per heavy atom. The molecule has 1 heterocycles. The molecule has 1 aromatic heterocycles. The maximum Gasteiger partial charge on any atom is 0.260 e. The lowest BCUT2D eigenvalue weighted by Crippen LogP contribution is -2.13. The first-order valence-electron chi connectivity index (χ1n) is 6.27. The van der Waals surface area contributed by atoms with Crippen LogP contribution in [0.4, 0.5) is 5.82 Å². The SMILES string of the molecule is COc1cc(Br)ccc1C(=O)Nc1n[nH]c2ccccc12. The monoisotopic (exact) mass is 345 g/mol. The van der Waals surface area contributed by atoms with Crippen LogP contribution in [-0.2, 0) is 0 Å². The van der Waals surface area contributed by atoms with E-state index < -0.39 is 0 Å². The lowest BCUT2D eigenvalue weighted by Gasteiger charge is -2.08. The van der Waals surface area contributed by atoms with Gasteiger partial charge >= 0.3 is 0 Å². The number of hydrogen-bond acceptors (Lipinski definition) is 3. The summed E-state index contributed by atoms with van der Waals surface area (Å²) in [5.74, 6) is 0.735. The number of methoxy groups -OCH3 is 1. The molecule has 0 unspecified atom stereocenters. The number of halogens is 1. The number of anilines is 1. The van der Waals surface area contributed by atoms with Gasteiger partial charge in [-0.25, -0.2) is 0 Å². The van der Waals surface area contributed by atoms with E-state index in [1.165, 1.54) is 7.11 Å². The molecule has 0 aliphatic rings. The highest BCUT2D eigenvalue weighted by molar-refractivity contribution is 9.10. The molecule has 1 amide bonds. The van der Waals surface area contributed by atoms with Gasteiger partial charge < -0.3 is 10.1 Å². The van der Waals surface area contributed by atoms with Gasteiger partial charge in [-0.15, -0.1) is 0 Å². The van der Waals surface area contributed by atoms with Crippen molar-refractivity contribution in [3.8, 4) is 5.75 Å². The van der Waals surface area contributed by atoms with E-state index in [0.29, 0.717) is 17.1 Å². The van der Waals surface area contributed by atoms with Crippen LogP contribution in [-0.4, -0.2) is 23.2 Å². The van der Waals surface area contributed by atoms with Crippen molar-refractivity contribution in [3.05, 3.63) is 52.5 Å². The molecule has 106 valence electrons. The number of aromatic amines is 1. The minimum Gasteiger partial charge on any atom is -0.496 e. The lowest BCUT2D eigenvalue weighted by atomic mass is 10.2. The zero-order valence-electron chi connectivity index (χ0n) is 11.2. The average molecular weight is 346 g/mol. The van der Waals surface area contributed by atoms with Crippen molar-refractivity contribution in [2.45, 2.75) is 0 Å². The third-order valence-electron chi connectivity index (χ3n) is 3.11. The van der Waals surface area contributed by atoms with Crippen molar-refractivity contribution in [1.29, 1.82) is 0 Å². The largest absolute Gasteiger partial charge is 0.496 e. The fourth-order valence-electron chi connectivity index (χ4n) is 2.09. The summed E-state index contributed by atoms with van der Waals surface area (Å²) in [7, 11) is 1.53. The van der Waals surface area contributed by atoms with Gasteiger partial charge in [-0.2, -0.15) is 5.10 Å². The lowest BCUT2D eigenvalue weighted by molar-refractivity contribution is 0.102. The number of hydrogen-bond donors (Lipinski definition) is 2. The highest BCUT2D eigenvalue weighted by Crippen LogP contribution is 2.25. The fourth-order valence-corrected chi connectivity index (χ4v) is 2.43. The summed E-state index contributed by atoms with van der Waals surface area (Å²) in [6, 6.07) is 12.8. The van der Waals surface area contributed by atoms with Gasteiger partial charge in [0.2, 0.25) is 0 Å². The predicted molar refractivity (Wildman–Crippen MR) is 84.7 cm³/mol. The second kappa shape index (κ2) is 5.57. The van der Waals surface area contributed by atoms with Gasteiger partial charge in [-0.05, 0) is 30.3 Å². The standard InChI is InChI=1S/C15H12BrN3O2/c1-21-13-8-9(16)6-7-11(13)15(20)17-14-10-4-2-3-5-12(10)18-19-14/h2-8H,1H3,(H2,17,18,19,20). The predicted octanol–water partition coefficient (Wildman–Crippen LogP) is 3.59. The number of fused-ring (bicyclic) bond motifs is 1. The van der Waals surface area contributed by atoms with Crippen molar-refractivity contribution in [1.82, 2.24) is 10.2 Å². The molecule has 5 nitrogen and oxygen atoms in total. The molecule has 3 aromatic rings. The molecule has 0 bridgehead atoms. The topological polar surface area (TPSA) is 67.0 Å². The van der Waals surface area contributed by atoms with E-state index in [-0.39, 0.29) is 5.91 Å². The molecule has 0 fully saturated rings. The first kappa shape index (κ1) is 13.6. The Hall–Kier alpha value is -2.34. The molecule has 3 rings (SSSR count). The highest BCUT2D eigenvalue weighted by atomic mass is 79.9. The minimum atomic E-state index is -0.267. The van der Waals surface area contributed by atoms with E-state index in [1.807, 2.05) is 24.3 Å². The molecule has 0 spiro atoms. The number of carbonyl (C=O) groups excluding carboxylic acids is 1. The van der Waals surface area contributed by atoms with Crippen molar-refractivity contribution < 1.29 is 9.53 Å². The van der Waals surface area contributed by atoms with Crippen molar-refractivity contribution >= 4 is 38.6 Å². The summed E-state index contributed by atoms with van der Waals surface area (Å²) < 4.78 is 6.08. The Balaban J connectivity index is 1.93. The average Bonchev–Trinajstić information content (AvgIpc) is 2.90. The molecule has 6 heteroatoms. The molecule has 2 aromatic carbocycles. The Labute approximate surface area is 129 Å². The first-order valence-corrected chi connectivity index (χ1v) is 7.06. The van der Waals surface area contributed by atoms with E-state index in [2.05, 4.69) is 31.4 Å². The van der Waals surface area contributed by atoms with Gasteiger partial charge in [0.15, 0.2) is 5.82 Å². The smallest absolute Gasteiger partial charge is 0.260 e. The van der Waals surface area contributed by atoms with Gasteiger partial charge in [-0.3, -0.25) is 9.89 Å². The van der Waals surface area contributed by atoms with E-state index in [4.69, 9.17) is 4.74 Å².